The summed E-state index contributed by atoms with van der Waals surface area (Å²) in [5.74, 6) is -0.115. The van der Waals surface area contributed by atoms with Crippen molar-refractivity contribution in [2.45, 2.75) is 13.8 Å². The molecule has 0 aliphatic heterocycles. The molecule has 0 aliphatic rings. The third-order valence-corrected chi connectivity index (χ3v) is 2.87. The molecule has 0 atom stereocenters. The fourth-order valence-electron chi connectivity index (χ4n) is 1.78. The van der Waals surface area contributed by atoms with Gasteiger partial charge in [0.25, 0.3) is 5.91 Å². The highest BCUT2D eigenvalue weighted by Crippen LogP contribution is 2.13. The molecule has 0 saturated carbocycles. The molecule has 23 heavy (non-hydrogen) atoms. The van der Waals surface area contributed by atoms with Crippen molar-refractivity contribution in [1.82, 2.24) is 5.43 Å². The molecule has 0 fully saturated rings. The van der Waals surface area contributed by atoms with Gasteiger partial charge in [0.05, 0.1) is 18.6 Å². The highest BCUT2D eigenvalue weighted by Gasteiger charge is 2.09. The molecule has 1 heterocycles. The average Bonchev–Trinajstić information content (AvgIpc) is 3.08. The molecule has 2 rings (SSSR count). The second-order valence-corrected chi connectivity index (χ2v) is 4.54. The number of carbonyl (C=O) groups is 2. The van der Waals surface area contributed by atoms with E-state index in [0.717, 1.165) is 5.56 Å². The third kappa shape index (κ3) is 4.70. The van der Waals surface area contributed by atoms with Gasteiger partial charge in [0.15, 0.2) is 5.76 Å². The lowest BCUT2D eigenvalue weighted by molar-refractivity contribution is 0.0996. The number of hydrazone groups is 1. The number of ether oxygens (including phenoxy) is 1. The van der Waals surface area contributed by atoms with Crippen LogP contribution in [0, 0.1) is 0 Å². The normalized spacial score (nSPS) is 11.0. The Hall–Kier alpha value is -3.09. The predicted molar refractivity (Wildman–Crippen MR) is 85.5 cm³/mol. The highest BCUT2D eigenvalue weighted by atomic mass is 16.5. The van der Waals surface area contributed by atoms with Crippen molar-refractivity contribution in [1.29, 1.82) is 0 Å². The summed E-state index contributed by atoms with van der Waals surface area (Å²) in [7, 11) is 0. The van der Waals surface area contributed by atoms with Crippen LogP contribution in [0.25, 0.3) is 0 Å². The summed E-state index contributed by atoms with van der Waals surface area (Å²) in [5.41, 5.74) is 4.21. The number of hydrogen-bond donors (Lipinski definition) is 2. The molecule has 0 radical (unpaired) electrons. The molecule has 1 aromatic heterocycles. The molecule has 1 aromatic carbocycles. The van der Waals surface area contributed by atoms with E-state index >= 15 is 0 Å². The minimum absolute atomic E-state index is 0.227. The van der Waals surface area contributed by atoms with Gasteiger partial charge in [0, 0.05) is 5.69 Å². The van der Waals surface area contributed by atoms with Crippen molar-refractivity contribution in [3.63, 3.8) is 0 Å². The van der Waals surface area contributed by atoms with Crippen LogP contribution in [0.15, 0.2) is 52.2 Å². The van der Waals surface area contributed by atoms with Gasteiger partial charge < -0.3 is 14.5 Å². The summed E-state index contributed by atoms with van der Waals surface area (Å²) >= 11 is 0. The summed E-state index contributed by atoms with van der Waals surface area (Å²) in [6, 6.07) is 10.3. The Morgan fingerprint density at radius 3 is 2.78 bits per heavy atom. The largest absolute Gasteiger partial charge is 0.459 e. The van der Waals surface area contributed by atoms with Crippen LogP contribution in [0.2, 0.25) is 0 Å². The Morgan fingerprint density at radius 2 is 2.09 bits per heavy atom. The van der Waals surface area contributed by atoms with Gasteiger partial charge >= 0.3 is 6.09 Å². The van der Waals surface area contributed by atoms with Crippen molar-refractivity contribution < 1.29 is 18.7 Å². The van der Waals surface area contributed by atoms with E-state index in [1.165, 1.54) is 6.26 Å². The van der Waals surface area contributed by atoms with Crippen LogP contribution in [0.1, 0.15) is 30.0 Å². The molecule has 2 aromatic rings. The van der Waals surface area contributed by atoms with E-state index in [4.69, 9.17) is 9.15 Å². The average molecular weight is 315 g/mol. The Kier molecular flexibility index (Phi) is 5.51. The van der Waals surface area contributed by atoms with Crippen LogP contribution in [-0.4, -0.2) is 24.3 Å². The molecule has 120 valence electrons. The maximum Gasteiger partial charge on any atom is 0.427 e. The number of amides is 2. The summed E-state index contributed by atoms with van der Waals surface area (Å²) < 4.78 is 9.76. The molecular formula is C16H17N3O4. The minimum atomic E-state index is -0.617. The quantitative estimate of drug-likeness (QED) is 0.655. The van der Waals surface area contributed by atoms with Crippen molar-refractivity contribution in [3.8, 4) is 0 Å². The predicted octanol–water partition coefficient (Wildman–Crippen LogP) is 3.00. The van der Waals surface area contributed by atoms with Crippen LogP contribution in [-0.2, 0) is 4.74 Å². The molecule has 0 bridgehead atoms. The first-order chi connectivity index (χ1) is 11.1. The number of furan rings is 1. The van der Waals surface area contributed by atoms with Crippen LogP contribution < -0.4 is 10.7 Å². The van der Waals surface area contributed by atoms with E-state index in [1.807, 2.05) is 6.07 Å². The molecular weight excluding hydrogens is 298 g/mol. The van der Waals surface area contributed by atoms with Crippen LogP contribution >= 0.6 is 0 Å². The van der Waals surface area contributed by atoms with Crippen LogP contribution in [0.5, 0.6) is 0 Å². The smallest absolute Gasteiger partial charge is 0.427 e. The van der Waals surface area contributed by atoms with Gasteiger partial charge in [0.2, 0.25) is 0 Å². The van der Waals surface area contributed by atoms with E-state index in [1.54, 1.807) is 44.2 Å². The highest BCUT2D eigenvalue weighted by molar-refractivity contribution is 6.04. The van der Waals surface area contributed by atoms with Gasteiger partial charge in [-0.2, -0.15) is 5.10 Å². The van der Waals surface area contributed by atoms with E-state index in [2.05, 4.69) is 15.8 Å². The number of nitrogens with one attached hydrogen (secondary N) is 2. The Morgan fingerprint density at radius 1 is 1.26 bits per heavy atom. The molecule has 7 nitrogen and oxygen atoms in total. The van der Waals surface area contributed by atoms with Crippen LogP contribution in [0.3, 0.4) is 0 Å². The Labute approximate surface area is 133 Å². The molecule has 7 heteroatoms. The number of benzene rings is 1. The molecule has 0 aliphatic carbocycles. The fraction of sp³-hybridized carbons (Fsp3) is 0.188. The van der Waals surface area contributed by atoms with Crippen LogP contribution in [0.4, 0.5) is 10.5 Å². The maximum atomic E-state index is 11.9. The fourth-order valence-corrected chi connectivity index (χ4v) is 1.78. The van der Waals surface area contributed by atoms with E-state index in [-0.39, 0.29) is 18.3 Å². The van der Waals surface area contributed by atoms with Gasteiger partial charge in [-0.25, -0.2) is 10.2 Å². The number of hydrogen-bond acceptors (Lipinski definition) is 5. The van der Waals surface area contributed by atoms with Crippen molar-refractivity contribution in [3.05, 3.63) is 54.0 Å². The van der Waals surface area contributed by atoms with Gasteiger partial charge in [0.1, 0.15) is 0 Å². The second kappa shape index (κ2) is 7.79. The number of rotatable bonds is 5. The first kappa shape index (κ1) is 16.3. The lowest BCUT2D eigenvalue weighted by atomic mass is 10.1. The zero-order chi connectivity index (χ0) is 16.7. The maximum absolute atomic E-state index is 11.9. The molecule has 0 unspecified atom stereocenters. The molecule has 0 saturated heterocycles. The summed E-state index contributed by atoms with van der Waals surface area (Å²) in [4.78, 5) is 23.1. The SMILES string of the molecule is CCOC(=O)N/N=C(\C)c1cccc(NC(=O)c2ccco2)c1. The molecule has 2 N–H and O–H groups in total. The zero-order valence-electron chi connectivity index (χ0n) is 12.8. The monoisotopic (exact) mass is 315 g/mol. The van der Waals surface area contributed by atoms with E-state index in [9.17, 15) is 9.59 Å². The lowest BCUT2D eigenvalue weighted by Gasteiger charge is -2.07. The minimum Gasteiger partial charge on any atom is -0.459 e. The van der Waals surface area contributed by atoms with E-state index < -0.39 is 6.09 Å². The van der Waals surface area contributed by atoms with Gasteiger partial charge in [-0.3, -0.25) is 4.79 Å². The second-order valence-electron chi connectivity index (χ2n) is 4.54. The topological polar surface area (TPSA) is 92.9 Å². The standard InChI is InChI=1S/C16H17N3O4/c1-3-22-16(21)19-18-11(2)12-6-4-7-13(10-12)17-15(20)14-8-5-9-23-14/h4-10H,3H2,1-2H3,(H,17,20)(H,19,21)/b18-11+. The summed E-state index contributed by atoms with van der Waals surface area (Å²) in [6.45, 7) is 3.72. The Bertz CT molecular complexity index is 708. The van der Waals surface area contributed by atoms with Gasteiger partial charge in [-0.05, 0) is 43.7 Å². The van der Waals surface area contributed by atoms with E-state index in [0.29, 0.717) is 11.4 Å². The molecule has 0 spiro atoms. The number of nitrogens with zero attached hydrogens (tertiary/aromatic N) is 1. The summed E-state index contributed by atoms with van der Waals surface area (Å²) in [6.07, 6.45) is 0.817. The first-order valence-electron chi connectivity index (χ1n) is 7.02. The first-order valence-corrected chi connectivity index (χ1v) is 7.02. The number of carbonyl (C=O) groups excluding carboxylic acids is 2. The Balaban J connectivity index is 2.05. The zero-order valence-corrected chi connectivity index (χ0v) is 12.8. The van der Waals surface area contributed by atoms with Crippen molar-refractivity contribution in [2.75, 3.05) is 11.9 Å². The lowest BCUT2D eigenvalue weighted by Crippen LogP contribution is -2.20. The summed E-state index contributed by atoms with van der Waals surface area (Å²) in [5, 5.41) is 6.67. The number of anilines is 1. The van der Waals surface area contributed by atoms with Gasteiger partial charge in [-0.15, -0.1) is 0 Å². The van der Waals surface area contributed by atoms with Crippen molar-refractivity contribution in [2.24, 2.45) is 5.10 Å². The van der Waals surface area contributed by atoms with Crippen molar-refractivity contribution >= 4 is 23.4 Å². The van der Waals surface area contributed by atoms with Gasteiger partial charge in [-0.1, -0.05) is 12.1 Å². The third-order valence-electron chi connectivity index (χ3n) is 2.87. The molecule has 2 amide bonds.